The molecule has 1 unspecified atom stereocenters. The molecule has 1 aliphatic heterocycles. The van der Waals surface area contributed by atoms with Crippen LogP contribution in [-0.2, 0) is 11.2 Å². The first kappa shape index (κ1) is 23.2. The normalized spacial score (nSPS) is 18.4. The van der Waals surface area contributed by atoms with E-state index in [4.69, 9.17) is 10.5 Å². The molecule has 1 aromatic heterocycles. The predicted octanol–water partition coefficient (Wildman–Crippen LogP) is 2.52. The molecule has 1 aliphatic rings. The number of carbonyl (C=O) groups is 2. The summed E-state index contributed by atoms with van der Waals surface area (Å²) in [5.41, 5.74) is 7.77. The molecule has 176 valence electrons. The van der Waals surface area contributed by atoms with Crippen molar-refractivity contribution >= 4 is 17.8 Å². The SMILES string of the molecule is C[C@@H](NC(=O)N1C(=O)C(Cc2ccnc(N)c2)[C@H]1Oc1ccc(C(O)O)cc1)c1ccccc1. The fourth-order valence-corrected chi connectivity index (χ4v) is 3.88. The zero-order valence-corrected chi connectivity index (χ0v) is 18.5. The van der Waals surface area contributed by atoms with Crippen LogP contribution in [0.4, 0.5) is 10.6 Å². The molecule has 9 heteroatoms. The number of nitrogen functional groups attached to an aromatic ring is 1. The highest BCUT2D eigenvalue weighted by molar-refractivity contribution is 6.01. The summed E-state index contributed by atoms with van der Waals surface area (Å²) in [6.07, 6.45) is -0.572. The lowest BCUT2D eigenvalue weighted by molar-refractivity contribution is -0.166. The Hall–Kier alpha value is -3.95. The van der Waals surface area contributed by atoms with Gasteiger partial charge in [0, 0.05) is 11.8 Å². The molecule has 0 saturated carbocycles. The Morgan fingerprint density at radius 1 is 1.12 bits per heavy atom. The van der Waals surface area contributed by atoms with Crippen molar-refractivity contribution in [1.29, 1.82) is 0 Å². The fraction of sp³-hybridized carbons (Fsp3) is 0.240. The number of nitrogens with one attached hydrogen (secondary N) is 1. The summed E-state index contributed by atoms with van der Waals surface area (Å²) in [4.78, 5) is 31.1. The van der Waals surface area contributed by atoms with E-state index in [0.29, 0.717) is 23.6 Å². The van der Waals surface area contributed by atoms with Crippen LogP contribution in [0.5, 0.6) is 5.75 Å². The molecule has 2 aromatic carbocycles. The lowest BCUT2D eigenvalue weighted by Crippen LogP contribution is -2.68. The molecule has 3 amide bonds. The molecule has 1 fully saturated rings. The van der Waals surface area contributed by atoms with Gasteiger partial charge in [-0.15, -0.1) is 0 Å². The van der Waals surface area contributed by atoms with E-state index in [2.05, 4.69) is 10.3 Å². The minimum Gasteiger partial charge on any atom is -0.469 e. The highest BCUT2D eigenvalue weighted by Crippen LogP contribution is 2.33. The molecule has 2 heterocycles. The maximum Gasteiger partial charge on any atom is 0.327 e. The molecule has 1 saturated heterocycles. The monoisotopic (exact) mass is 462 g/mol. The van der Waals surface area contributed by atoms with Crippen molar-refractivity contribution < 1.29 is 24.5 Å². The first-order chi connectivity index (χ1) is 16.3. The number of rotatable bonds is 7. The molecular weight excluding hydrogens is 436 g/mol. The van der Waals surface area contributed by atoms with Crippen LogP contribution in [0, 0.1) is 5.92 Å². The minimum absolute atomic E-state index is 0.298. The van der Waals surface area contributed by atoms with Crippen LogP contribution >= 0.6 is 0 Å². The number of nitrogens with two attached hydrogens (primary N) is 1. The van der Waals surface area contributed by atoms with Crippen molar-refractivity contribution in [1.82, 2.24) is 15.2 Å². The van der Waals surface area contributed by atoms with Gasteiger partial charge in [-0.2, -0.15) is 0 Å². The zero-order valence-electron chi connectivity index (χ0n) is 18.5. The number of urea groups is 1. The molecule has 5 N–H and O–H groups in total. The third-order valence-electron chi connectivity index (χ3n) is 5.75. The molecule has 0 bridgehead atoms. The number of hydrogen-bond donors (Lipinski definition) is 4. The number of nitrogens with zero attached hydrogens (tertiary/aromatic N) is 2. The quantitative estimate of drug-likeness (QED) is 0.313. The van der Waals surface area contributed by atoms with Crippen LogP contribution < -0.4 is 15.8 Å². The third kappa shape index (κ3) is 5.00. The maximum absolute atomic E-state index is 13.0. The zero-order chi connectivity index (χ0) is 24.2. The van der Waals surface area contributed by atoms with Gasteiger partial charge < -0.3 is 26.0 Å². The van der Waals surface area contributed by atoms with Gasteiger partial charge in [0.1, 0.15) is 11.6 Å². The van der Waals surface area contributed by atoms with Crippen molar-refractivity contribution in [3.05, 3.63) is 89.6 Å². The average Bonchev–Trinajstić information content (AvgIpc) is 2.83. The molecule has 3 atom stereocenters. The van der Waals surface area contributed by atoms with Crippen molar-refractivity contribution in [3.63, 3.8) is 0 Å². The number of anilines is 1. The van der Waals surface area contributed by atoms with Gasteiger partial charge in [-0.3, -0.25) is 4.79 Å². The summed E-state index contributed by atoms with van der Waals surface area (Å²) < 4.78 is 6.03. The van der Waals surface area contributed by atoms with E-state index >= 15 is 0 Å². The van der Waals surface area contributed by atoms with E-state index in [0.717, 1.165) is 16.0 Å². The molecule has 3 aromatic rings. The second-order valence-electron chi connectivity index (χ2n) is 8.14. The van der Waals surface area contributed by atoms with Crippen LogP contribution in [-0.4, -0.2) is 38.3 Å². The summed E-state index contributed by atoms with van der Waals surface area (Å²) >= 11 is 0. The van der Waals surface area contributed by atoms with Crippen LogP contribution in [0.25, 0.3) is 0 Å². The summed E-state index contributed by atoms with van der Waals surface area (Å²) in [6.45, 7) is 1.84. The number of pyridine rings is 1. The number of β-lactam (4-membered cyclic amide) rings is 1. The Balaban J connectivity index is 1.53. The van der Waals surface area contributed by atoms with Crippen molar-refractivity contribution in [3.8, 4) is 5.75 Å². The number of likely N-dealkylation sites (tertiary alicyclic amines) is 1. The summed E-state index contributed by atoms with van der Waals surface area (Å²) in [5.74, 6) is -0.246. The van der Waals surface area contributed by atoms with Gasteiger partial charge in [-0.05, 0) is 48.7 Å². The summed E-state index contributed by atoms with van der Waals surface area (Å²) in [5, 5.41) is 21.5. The van der Waals surface area contributed by atoms with E-state index in [1.165, 1.54) is 12.1 Å². The average molecular weight is 463 g/mol. The van der Waals surface area contributed by atoms with Gasteiger partial charge in [-0.1, -0.05) is 42.5 Å². The van der Waals surface area contributed by atoms with E-state index in [1.54, 1.807) is 30.5 Å². The highest BCUT2D eigenvalue weighted by Gasteiger charge is 2.52. The Bertz CT molecular complexity index is 1150. The van der Waals surface area contributed by atoms with Crippen molar-refractivity contribution in [2.45, 2.75) is 31.9 Å². The number of amides is 3. The van der Waals surface area contributed by atoms with Crippen LogP contribution in [0.15, 0.2) is 72.9 Å². The largest absolute Gasteiger partial charge is 0.469 e. The second kappa shape index (κ2) is 9.90. The van der Waals surface area contributed by atoms with E-state index < -0.39 is 24.5 Å². The molecule has 9 nitrogen and oxygen atoms in total. The van der Waals surface area contributed by atoms with Crippen LogP contribution in [0.1, 0.15) is 35.9 Å². The van der Waals surface area contributed by atoms with Gasteiger partial charge >= 0.3 is 6.03 Å². The molecule has 4 rings (SSSR count). The third-order valence-corrected chi connectivity index (χ3v) is 5.75. The number of ether oxygens (including phenoxy) is 1. The van der Waals surface area contributed by atoms with Gasteiger partial charge in [0.2, 0.25) is 5.91 Å². The summed E-state index contributed by atoms with van der Waals surface area (Å²) in [6, 6.07) is 18.1. The predicted molar refractivity (Wildman–Crippen MR) is 124 cm³/mol. The van der Waals surface area contributed by atoms with Gasteiger partial charge in [0.25, 0.3) is 0 Å². The lowest BCUT2D eigenvalue weighted by Gasteiger charge is -2.45. The van der Waals surface area contributed by atoms with Crippen molar-refractivity contribution in [2.75, 3.05) is 5.73 Å². The number of aliphatic hydroxyl groups is 2. The van der Waals surface area contributed by atoms with Crippen molar-refractivity contribution in [2.24, 2.45) is 5.92 Å². The Morgan fingerprint density at radius 2 is 1.82 bits per heavy atom. The number of benzene rings is 2. The number of imide groups is 1. The number of aliphatic hydroxyl groups excluding tert-OH is 1. The molecule has 34 heavy (non-hydrogen) atoms. The number of aromatic nitrogens is 1. The molecule has 0 spiro atoms. The van der Waals surface area contributed by atoms with Crippen LogP contribution in [0.3, 0.4) is 0 Å². The van der Waals surface area contributed by atoms with E-state index in [1.807, 2.05) is 37.3 Å². The lowest BCUT2D eigenvalue weighted by atomic mass is 9.89. The number of carbonyl (C=O) groups excluding carboxylic acids is 2. The summed E-state index contributed by atoms with van der Waals surface area (Å²) in [7, 11) is 0. The Kier molecular flexibility index (Phi) is 6.76. The van der Waals surface area contributed by atoms with E-state index in [-0.39, 0.29) is 11.9 Å². The van der Waals surface area contributed by atoms with Gasteiger partial charge in [-0.25, -0.2) is 14.7 Å². The Labute approximate surface area is 196 Å². The van der Waals surface area contributed by atoms with Crippen LogP contribution in [0.2, 0.25) is 0 Å². The maximum atomic E-state index is 13.0. The van der Waals surface area contributed by atoms with Gasteiger partial charge in [0.05, 0.1) is 12.0 Å². The first-order valence-electron chi connectivity index (χ1n) is 10.8. The number of hydrogen-bond acceptors (Lipinski definition) is 7. The molecule has 0 radical (unpaired) electrons. The molecular formula is C25H26N4O5. The van der Waals surface area contributed by atoms with Gasteiger partial charge in [0.15, 0.2) is 12.5 Å². The smallest absolute Gasteiger partial charge is 0.327 e. The topological polar surface area (TPSA) is 138 Å². The fourth-order valence-electron chi connectivity index (χ4n) is 3.88. The minimum atomic E-state index is -1.61. The highest BCUT2D eigenvalue weighted by atomic mass is 16.5. The standard InChI is InChI=1S/C25H26N4O5/c1-15(17-5-3-2-4-6-17)28-25(33)29-22(30)20(13-16-11-12-27-21(26)14-16)23(29)34-19-9-7-18(8-10-19)24(31)32/h2-12,14-15,20,23-24,31-32H,13H2,1H3,(H2,26,27)(H,28,33)/t15-,20?,23-/m1/s1. The Morgan fingerprint density at radius 3 is 2.47 bits per heavy atom. The first-order valence-corrected chi connectivity index (χ1v) is 10.8. The molecule has 0 aliphatic carbocycles. The van der Waals surface area contributed by atoms with E-state index in [9.17, 15) is 19.8 Å². The second-order valence-corrected chi connectivity index (χ2v) is 8.14.